The second-order valence-electron chi connectivity index (χ2n) is 41.6. The number of Topliss-reactive ketones (excluding diaryl/α,β-unsaturated/α-hetero) is 2. The van der Waals surface area contributed by atoms with E-state index in [0.717, 1.165) is 70.0 Å². The first-order valence-electron chi connectivity index (χ1n) is 39.9. The summed E-state index contributed by atoms with van der Waals surface area (Å²) in [6.45, 7) is 73.5. The summed E-state index contributed by atoms with van der Waals surface area (Å²) in [5, 5.41) is 52.1. The lowest BCUT2D eigenvalue weighted by Gasteiger charge is -2.38. The Morgan fingerprint density at radius 1 is 0.473 bits per heavy atom. The highest BCUT2D eigenvalue weighted by Crippen LogP contribution is 2.35. The summed E-state index contributed by atoms with van der Waals surface area (Å²) in [5.41, 5.74) is 0.103. The number of nitrogens with one attached hydrogen (secondary N) is 4. The van der Waals surface area contributed by atoms with Crippen molar-refractivity contribution in [2.24, 2.45) is 37.9 Å². The fraction of sp³-hybridized carbons (Fsp3) is 0.775. The van der Waals surface area contributed by atoms with Gasteiger partial charge in [-0.25, -0.2) is 4.79 Å². The summed E-state index contributed by atoms with van der Waals surface area (Å²) in [6.07, 6.45) is -0.161. The molecule has 112 heavy (non-hydrogen) atoms. The molecule has 1 aliphatic rings. The Labute approximate surface area is 682 Å². The smallest absolute Gasteiger partial charge is 0.335 e. The van der Waals surface area contributed by atoms with Crippen LogP contribution in [-0.4, -0.2) is 152 Å². The Morgan fingerprint density at radius 2 is 0.884 bits per heavy atom. The number of carboxylic acids is 1. The average molecular weight is 1610 g/mol. The predicted molar refractivity (Wildman–Crippen MR) is 455 cm³/mol. The van der Waals surface area contributed by atoms with Crippen molar-refractivity contribution < 1.29 is 87.2 Å². The number of aliphatic carboxylic acids is 1. The maximum atomic E-state index is 12.3. The molecule has 8 N–H and O–H groups in total. The molecule has 0 spiro atoms. The van der Waals surface area contributed by atoms with Crippen molar-refractivity contribution in [1.82, 2.24) is 16.0 Å². The minimum atomic E-state index is -1.81. The number of hydrogen-bond acceptors (Lipinski definition) is 21. The minimum absolute atomic E-state index is 0.00413. The van der Waals surface area contributed by atoms with Crippen LogP contribution in [-0.2, 0) is 68.6 Å². The van der Waals surface area contributed by atoms with Gasteiger partial charge in [0.15, 0.2) is 6.10 Å². The molecule has 2 aromatic carbocycles. The van der Waals surface area contributed by atoms with E-state index in [4.69, 9.17) is 28.4 Å². The molecule has 0 aliphatic carbocycles. The summed E-state index contributed by atoms with van der Waals surface area (Å²) in [4.78, 5) is 93.3. The van der Waals surface area contributed by atoms with Crippen molar-refractivity contribution in [2.75, 3.05) is 30.8 Å². The fourth-order valence-electron chi connectivity index (χ4n) is 9.10. The van der Waals surface area contributed by atoms with Crippen LogP contribution in [0.2, 0.25) is 0 Å². The third-order valence-electron chi connectivity index (χ3n) is 15.5. The van der Waals surface area contributed by atoms with Crippen molar-refractivity contribution in [2.45, 2.75) is 384 Å². The highest BCUT2D eigenvalue weighted by atomic mass is 32.2. The molecule has 3 rings (SSSR count). The number of thioether (sulfide) groups is 1. The van der Waals surface area contributed by atoms with Gasteiger partial charge in [0.05, 0.1) is 16.5 Å². The van der Waals surface area contributed by atoms with Crippen LogP contribution >= 0.6 is 11.8 Å². The van der Waals surface area contributed by atoms with Crippen LogP contribution in [0, 0.1) is 37.9 Å². The molecule has 2 aromatic rings. The third kappa shape index (κ3) is 58.2. The highest BCUT2D eigenvalue weighted by molar-refractivity contribution is 7.99. The van der Waals surface area contributed by atoms with E-state index >= 15 is 0 Å². The van der Waals surface area contributed by atoms with Gasteiger partial charge in [-0.2, -0.15) is 0 Å². The zero-order chi connectivity index (χ0) is 88.4. The van der Waals surface area contributed by atoms with Gasteiger partial charge < -0.3 is 70.1 Å². The van der Waals surface area contributed by atoms with E-state index in [2.05, 4.69) is 104 Å². The van der Waals surface area contributed by atoms with Gasteiger partial charge in [0.1, 0.15) is 65.4 Å². The molecule has 1 aliphatic heterocycles. The number of esters is 4. The lowest BCUT2D eigenvalue weighted by atomic mass is 9.84. The zero-order valence-electron chi connectivity index (χ0n) is 76.6. The summed E-state index contributed by atoms with van der Waals surface area (Å²) in [7, 11) is 0. The van der Waals surface area contributed by atoms with E-state index in [0.29, 0.717) is 58.8 Å². The standard InChI is InChI=1S/C22H33NO9.C19H29NO3S.2C12H25NO2.2C12H24O/c1-21(2,3)20(29)30-10-11-7-8-13(12(9-11)23-22(4,5)6)31-19-16(26)14(24)15(25)17(32-19)18(27)28;1-18(2,3)16(21)20-15(14-10-8-7-9-11-14)24-13-12-23-17(22)19(4,5)6;2*1-11(2,3)13-9-7-8-10(14)15-12(4,5)6;2*1-11(2,3)9-7-8-10(13)12(4,5)6/h7-9,14-17,19,23-26H,10H2,1-6H3,(H,27,28);7-11,15H,12-13H2,1-6H3,(H,20,21);2*13H,7-9H2,1-6H3;2*7-9H2,1-6H3. The van der Waals surface area contributed by atoms with Crippen LogP contribution < -0.4 is 26.0 Å². The van der Waals surface area contributed by atoms with E-state index < -0.39 is 58.5 Å². The van der Waals surface area contributed by atoms with Crippen molar-refractivity contribution in [3.8, 4) is 5.75 Å². The Balaban J connectivity index is -0.00000133. The predicted octanol–water partition coefficient (Wildman–Crippen LogP) is 18.1. The number of aliphatic hydroxyl groups is 3. The molecular formula is C89H160N4O18S. The topological polar surface area (TPSA) is 321 Å². The molecule has 1 fully saturated rings. The van der Waals surface area contributed by atoms with Crippen LogP contribution in [0.4, 0.5) is 5.69 Å². The number of aliphatic hydroxyl groups excluding tert-OH is 3. The molecule has 6 unspecified atom stereocenters. The first-order chi connectivity index (χ1) is 50.1. The van der Waals surface area contributed by atoms with Gasteiger partial charge >= 0.3 is 29.8 Å². The van der Waals surface area contributed by atoms with Gasteiger partial charge in [-0.05, 0) is 231 Å². The molecule has 0 bridgehead atoms. The molecule has 0 aromatic heterocycles. The molecule has 0 radical (unpaired) electrons. The molecular weight excluding hydrogens is 1450 g/mol. The number of ether oxygens (including phenoxy) is 6. The molecule has 1 heterocycles. The Hall–Kier alpha value is -5.69. The van der Waals surface area contributed by atoms with Crippen molar-refractivity contribution in [3.05, 3.63) is 59.7 Å². The molecule has 1 amide bonds. The van der Waals surface area contributed by atoms with E-state index in [9.17, 15) is 58.8 Å². The molecule has 0 saturated carbocycles. The Morgan fingerprint density at radius 3 is 1.23 bits per heavy atom. The van der Waals surface area contributed by atoms with Crippen molar-refractivity contribution >= 4 is 64.8 Å². The SMILES string of the molecule is CC(C)(C)C(=O)NC(SCCOC(=O)C(C)(C)C)c1ccccc1.CC(C)(C)CCCC(=O)C(C)(C)C.CC(C)(C)CCCC(=O)C(C)(C)C.CC(C)(C)NCCCC(=O)OC(C)(C)C.CC(C)(C)NCCCC(=O)OC(C)(C)C.CC(C)(C)Nc1cc(COC(=O)C(C)(C)C)ccc1OC1OC(C(=O)O)C(O)C(O)C1O. The van der Waals surface area contributed by atoms with E-state index in [-0.39, 0.29) is 80.6 Å². The summed E-state index contributed by atoms with van der Waals surface area (Å²) in [5.74, 6) is -0.692. The van der Waals surface area contributed by atoms with Gasteiger partial charge in [-0.3, -0.25) is 33.6 Å². The highest BCUT2D eigenvalue weighted by Gasteiger charge is 2.48. The number of anilines is 1. The number of carbonyl (C=O) groups excluding carboxylic acids is 7. The van der Waals surface area contributed by atoms with Crippen LogP contribution in [0.5, 0.6) is 5.75 Å². The second kappa shape index (κ2) is 48.1. The number of carboxylic acid groups (broad SMARTS) is 1. The van der Waals surface area contributed by atoms with Gasteiger partial charge in [-0.15, -0.1) is 11.8 Å². The van der Waals surface area contributed by atoms with Gasteiger partial charge in [0.25, 0.3) is 0 Å². The molecule has 22 nitrogen and oxygen atoms in total. The van der Waals surface area contributed by atoms with E-state index in [1.54, 1.807) is 50.7 Å². The quantitative estimate of drug-likeness (QED) is 0.0188. The lowest BCUT2D eigenvalue weighted by molar-refractivity contribution is -0.271. The Bertz CT molecular complexity index is 3020. The van der Waals surface area contributed by atoms with Crippen LogP contribution in [0.25, 0.3) is 0 Å². The summed E-state index contributed by atoms with van der Waals surface area (Å²) >= 11 is 1.56. The monoisotopic (exact) mass is 1610 g/mol. The van der Waals surface area contributed by atoms with Crippen molar-refractivity contribution in [3.63, 3.8) is 0 Å². The molecule has 6 atom stereocenters. The molecule has 23 heteroatoms. The second-order valence-corrected chi connectivity index (χ2v) is 42.8. The average Bonchev–Trinajstić information content (AvgIpc) is 0.794. The van der Waals surface area contributed by atoms with Crippen LogP contribution in [0.15, 0.2) is 48.5 Å². The Kier molecular flexibility index (Phi) is 47.5. The summed E-state index contributed by atoms with van der Waals surface area (Å²) < 4.78 is 32.0. The number of carbonyl (C=O) groups is 8. The first-order valence-corrected chi connectivity index (χ1v) is 40.9. The van der Waals surface area contributed by atoms with E-state index in [1.807, 2.05) is 176 Å². The normalized spacial score (nSPS) is 16.8. The largest absolute Gasteiger partial charge is 0.479 e. The number of amides is 1. The lowest BCUT2D eigenvalue weighted by Crippen LogP contribution is -2.61. The van der Waals surface area contributed by atoms with E-state index in [1.165, 1.54) is 0 Å². The summed E-state index contributed by atoms with van der Waals surface area (Å²) in [6, 6.07) is 14.7. The number of rotatable bonds is 26. The first kappa shape index (κ1) is 110. The number of ketones is 2. The maximum absolute atomic E-state index is 12.3. The molecule has 1 saturated heterocycles. The maximum Gasteiger partial charge on any atom is 0.335 e. The van der Waals surface area contributed by atoms with Gasteiger partial charge in [0, 0.05) is 64.3 Å². The number of hydrogen-bond donors (Lipinski definition) is 8. The molecule has 650 valence electrons. The third-order valence-corrected chi connectivity index (χ3v) is 16.6. The van der Waals surface area contributed by atoms with Gasteiger partial charge in [-0.1, -0.05) is 140 Å². The number of benzene rings is 2. The van der Waals surface area contributed by atoms with Crippen LogP contribution in [0.3, 0.4) is 0 Å². The minimum Gasteiger partial charge on any atom is -0.479 e. The zero-order valence-corrected chi connectivity index (χ0v) is 77.4. The van der Waals surface area contributed by atoms with Gasteiger partial charge in [0.2, 0.25) is 12.2 Å². The fourth-order valence-corrected chi connectivity index (χ4v) is 10.1. The van der Waals surface area contributed by atoms with Crippen molar-refractivity contribution in [1.29, 1.82) is 0 Å². The van der Waals surface area contributed by atoms with Crippen LogP contribution in [0.1, 0.15) is 330 Å².